The summed E-state index contributed by atoms with van der Waals surface area (Å²) >= 11 is 0. The number of carboxylic acids is 1. The van der Waals surface area contributed by atoms with Gasteiger partial charge in [0.25, 0.3) is 11.8 Å². The van der Waals surface area contributed by atoms with E-state index in [1.165, 1.54) is 59.1 Å². The number of alkyl carbamates (subject to hydrolysis) is 1. The lowest BCUT2D eigenvalue weighted by atomic mass is 9.65. The molecule has 14 atom stereocenters. The second-order valence-electron chi connectivity index (χ2n) is 29.6. The van der Waals surface area contributed by atoms with Gasteiger partial charge in [-0.3, -0.25) is 67.7 Å². The van der Waals surface area contributed by atoms with Crippen molar-refractivity contribution in [3.63, 3.8) is 0 Å². The van der Waals surface area contributed by atoms with Crippen LogP contribution in [0.3, 0.4) is 0 Å². The van der Waals surface area contributed by atoms with Crippen molar-refractivity contribution in [1.29, 1.82) is 0 Å². The minimum absolute atomic E-state index is 0.0742. The molecule has 0 saturated heterocycles. The Morgan fingerprint density at radius 3 is 1.77 bits per heavy atom. The van der Waals surface area contributed by atoms with Crippen molar-refractivity contribution in [2.75, 3.05) is 25.4 Å². The van der Waals surface area contributed by atoms with Crippen molar-refractivity contribution in [2.45, 2.75) is 214 Å². The van der Waals surface area contributed by atoms with Crippen molar-refractivity contribution in [3.05, 3.63) is 95.8 Å². The highest BCUT2D eigenvalue weighted by Gasteiger charge is 2.66. The van der Waals surface area contributed by atoms with E-state index in [9.17, 15) is 49.2 Å². The lowest BCUT2D eigenvalue weighted by Crippen LogP contribution is -2.79. The van der Waals surface area contributed by atoms with Gasteiger partial charge in [-0.2, -0.15) is 0 Å². The molecule has 105 heavy (non-hydrogen) atoms. The molecular formula is C72H112N16O17. The number of aliphatic hydroxyl groups excluding tert-OH is 3. The highest BCUT2D eigenvalue weighted by Crippen LogP contribution is 2.40. The largest absolute Gasteiger partial charge is 0.480 e. The summed E-state index contributed by atoms with van der Waals surface area (Å²) in [6, 6.07) is 0.302. The van der Waals surface area contributed by atoms with E-state index in [1.807, 2.05) is 0 Å². The highest BCUT2D eigenvalue weighted by molar-refractivity contribution is 6.23. The highest BCUT2D eigenvalue weighted by atomic mass is 16.5. The first-order chi connectivity index (χ1) is 48.9. The van der Waals surface area contributed by atoms with Crippen LogP contribution < -0.4 is 66.7 Å². The SMILES string of the molecule is CCC(C)[C@H](NC(=O)[C@@H](CCCN=C(N)N)NC(=O)[C@](C(=O)C(N)CC(C)(C)C)(C(C(=O)[C@@H](N)Cc1cccc(N)c1)C(C)C)N(C(=O)[C@@H](N)[C@H](O)C(C)C)C(=O)[C@@H](CC(C)(C)C)NC(=O)OCc1ccccc1)C(=O)N[C@H](C(=O)NCC(=O)N(C(=O)[C@@H](N)Cc1cccnc1)[C@@H](CO)C(=O)O)[C@H](C)O. The summed E-state index contributed by atoms with van der Waals surface area (Å²) in [6.45, 7) is 16.9. The van der Waals surface area contributed by atoms with Crippen LogP contribution in [-0.4, -0.2) is 204 Å². The van der Waals surface area contributed by atoms with Crippen LogP contribution in [0.1, 0.15) is 139 Å². The molecule has 0 bridgehead atoms. The number of hydrogen-bond acceptors (Lipinski definition) is 23. The standard InChI is InChI=1S/C72H112N16O17/c1-14-40(6)55(62(97)86-56(41(7)90)61(96)82-35-52(91)87(51(36-89)66(101)102)63(98)47(75)31-44-24-19-27-80-34-44)85-60(95)49(26-20-28-81-68(78)79)83-67(103)72(59(94)48(76)32-70(8,9)10,53(38(2)3)58(93)46(74)30-43-23-18-25-45(73)29-43)88(65(100)54(77)57(92)39(4)5)64(99)50(33-71(11,12)13)84-69(104)105-37-42-21-16-15-17-22-42/h15-19,21-25,27,29,34,38-41,46-51,53-57,89-90,92H,14,20,26,28,30-33,35-37,73-77H2,1-13H3,(H,82,96)(H,83,103)(H,84,104)(H,85,95)(H,86,97)(H,101,102)(H4,78,79,81)/t40?,41-,46-,47-,48?,49+,50+,51-,53?,54-,55-,56-,57+,72+/m0/s1. The Balaban J connectivity index is 2.50. The Kier molecular flexibility index (Phi) is 34.9. The second-order valence-corrected chi connectivity index (χ2v) is 29.6. The molecule has 3 unspecified atom stereocenters. The summed E-state index contributed by atoms with van der Waals surface area (Å²) in [5.74, 6) is -21.6. The van der Waals surface area contributed by atoms with Crippen molar-refractivity contribution in [2.24, 2.45) is 73.9 Å². The van der Waals surface area contributed by atoms with E-state index in [-0.39, 0.29) is 60.7 Å². The van der Waals surface area contributed by atoms with Crippen molar-refractivity contribution < 1.29 is 82.7 Å². The molecule has 0 fully saturated rings. The number of nitrogens with one attached hydrogen (secondary N) is 5. The third-order valence-corrected chi connectivity index (χ3v) is 17.4. The molecular weight excluding hydrogens is 1360 g/mol. The molecule has 33 heteroatoms. The van der Waals surface area contributed by atoms with Crippen molar-refractivity contribution in [3.8, 4) is 0 Å². The number of aromatic nitrogens is 1. The van der Waals surface area contributed by atoms with Gasteiger partial charge in [-0.1, -0.05) is 138 Å². The summed E-state index contributed by atoms with van der Waals surface area (Å²) in [4.78, 5) is 190. The van der Waals surface area contributed by atoms with Gasteiger partial charge in [0.05, 0.1) is 49.4 Å². The van der Waals surface area contributed by atoms with E-state index >= 15 is 28.8 Å². The molecule has 33 nitrogen and oxygen atoms in total. The minimum atomic E-state index is -3.66. The maximum Gasteiger partial charge on any atom is 0.408 e. The summed E-state index contributed by atoms with van der Waals surface area (Å²) in [7, 11) is 0. The minimum Gasteiger partial charge on any atom is -0.480 e. The first-order valence-electron chi connectivity index (χ1n) is 34.9. The number of pyridine rings is 1. The smallest absolute Gasteiger partial charge is 0.408 e. The van der Waals surface area contributed by atoms with Gasteiger partial charge in [0, 0.05) is 24.6 Å². The fourth-order valence-corrected chi connectivity index (χ4v) is 11.9. The first-order valence-corrected chi connectivity index (χ1v) is 34.9. The zero-order valence-corrected chi connectivity index (χ0v) is 62.4. The Labute approximate surface area is 613 Å². The van der Waals surface area contributed by atoms with Gasteiger partial charge in [0.2, 0.25) is 35.4 Å². The molecule has 0 saturated carbocycles. The van der Waals surface area contributed by atoms with Crippen LogP contribution >= 0.6 is 0 Å². The van der Waals surface area contributed by atoms with Gasteiger partial charge in [0.1, 0.15) is 36.8 Å². The van der Waals surface area contributed by atoms with Gasteiger partial charge < -0.3 is 91.9 Å². The number of aliphatic carboxylic acids is 1. The number of imide groups is 2. The van der Waals surface area contributed by atoms with Gasteiger partial charge in [-0.15, -0.1) is 0 Å². The molecule has 9 amide bonds. The summed E-state index contributed by atoms with van der Waals surface area (Å²) < 4.78 is 5.61. The zero-order chi connectivity index (χ0) is 79.8. The molecule has 582 valence electrons. The van der Waals surface area contributed by atoms with Crippen molar-refractivity contribution >= 4 is 82.5 Å². The fraction of sp³-hybridized carbons (Fsp3) is 0.583. The molecule has 3 rings (SSSR count). The second kappa shape index (κ2) is 40.8. The van der Waals surface area contributed by atoms with E-state index in [0.29, 0.717) is 16.7 Å². The van der Waals surface area contributed by atoms with Gasteiger partial charge in [0.15, 0.2) is 29.1 Å². The first kappa shape index (κ1) is 89.8. The van der Waals surface area contributed by atoms with Crippen LogP contribution in [-0.2, 0) is 76.9 Å². The summed E-state index contributed by atoms with van der Waals surface area (Å²) in [5, 5.41) is 55.2. The third kappa shape index (κ3) is 26.3. The number of benzene rings is 2. The topological polar surface area (TPSA) is 569 Å². The summed E-state index contributed by atoms with van der Waals surface area (Å²) in [5.41, 5.74) is 40.5. The van der Waals surface area contributed by atoms with Crippen LogP contribution in [0.15, 0.2) is 84.1 Å². The lowest BCUT2D eigenvalue weighted by molar-refractivity contribution is -0.174. The monoisotopic (exact) mass is 1470 g/mol. The number of nitrogen functional groups attached to an aromatic ring is 1. The zero-order valence-electron chi connectivity index (χ0n) is 62.4. The molecule has 0 spiro atoms. The van der Waals surface area contributed by atoms with E-state index in [0.717, 1.165) is 6.92 Å². The average molecular weight is 1470 g/mol. The molecule has 0 radical (unpaired) electrons. The predicted molar refractivity (Wildman–Crippen MR) is 390 cm³/mol. The molecule has 0 aliphatic carbocycles. The number of anilines is 1. The number of carboxylic acid groups (broad SMARTS) is 1. The molecule has 23 N–H and O–H groups in total. The number of ketones is 2. The number of ether oxygens (including phenoxy) is 1. The number of carbonyl (C=O) groups excluding carboxylic acids is 11. The number of Topliss-reactive ketones (excluding diaryl/α,β-unsaturated/α-hetero) is 2. The molecule has 1 aromatic heterocycles. The molecule has 0 aliphatic heterocycles. The van der Waals surface area contributed by atoms with Crippen LogP contribution in [0, 0.1) is 34.5 Å². The summed E-state index contributed by atoms with van der Waals surface area (Å²) in [6.07, 6.45) is -4.12. The van der Waals surface area contributed by atoms with Gasteiger partial charge in [-0.25, -0.2) is 9.59 Å². The Hall–Kier alpha value is -9.38. The van der Waals surface area contributed by atoms with Crippen molar-refractivity contribution in [1.82, 2.24) is 41.4 Å². The van der Waals surface area contributed by atoms with Crippen LogP contribution in [0.5, 0.6) is 0 Å². The number of aliphatic hydroxyl groups is 3. The molecule has 0 aliphatic rings. The Morgan fingerprint density at radius 2 is 1.25 bits per heavy atom. The predicted octanol–water partition coefficient (Wildman–Crippen LogP) is -0.701. The van der Waals surface area contributed by atoms with E-state index < -0.39 is 209 Å². The van der Waals surface area contributed by atoms with E-state index in [2.05, 4.69) is 36.6 Å². The normalized spacial score (nSPS) is 16.0. The number of rotatable bonds is 40. The third-order valence-electron chi connectivity index (χ3n) is 17.4. The average Bonchev–Trinajstić information content (AvgIpc) is 0.718. The van der Waals surface area contributed by atoms with Gasteiger partial charge >= 0.3 is 12.1 Å². The Morgan fingerprint density at radius 1 is 0.657 bits per heavy atom. The maximum atomic E-state index is 17.1. The number of nitrogens with zero attached hydrogens (tertiary/aromatic N) is 4. The Bertz CT molecular complexity index is 3490. The van der Waals surface area contributed by atoms with E-state index in [1.54, 1.807) is 103 Å². The number of amides is 9. The molecule has 1 heterocycles. The number of carbonyl (C=O) groups is 12. The molecule has 2 aromatic carbocycles. The number of aliphatic imine (C=N–C) groups is 1. The maximum absolute atomic E-state index is 17.1. The molecule has 3 aromatic rings. The quantitative estimate of drug-likeness (QED) is 0.0110. The number of guanidine groups is 1. The fourth-order valence-electron chi connectivity index (χ4n) is 11.9. The van der Waals surface area contributed by atoms with Crippen LogP contribution in [0.2, 0.25) is 0 Å². The van der Waals surface area contributed by atoms with Crippen LogP contribution in [0.4, 0.5) is 10.5 Å². The van der Waals surface area contributed by atoms with E-state index in [4.69, 9.17) is 44.9 Å². The number of hydrogen-bond donors (Lipinski definition) is 16. The van der Waals surface area contributed by atoms with Crippen LogP contribution in [0.25, 0.3) is 0 Å². The lowest BCUT2D eigenvalue weighted by Gasteiger charge is -2.49. The van der Waals surface area contributed by atoms with Gasteiger partial charge in [-0.05, 0) is 109 Å². The number of nitrogens with two attached hydrogens (primary N) is 7.